The number of isothiocyanates is 1. The first-order valence-corrected chi connectivity index (χ1v) is 3.99. The normalized spacial score (nSPS) is 9.17. The molecule has 0 N–H and O–H groups in total. The Morgan fingerprint density at radius 3 is 2.83 bits per heavy atom. The van der Waals surface area contributed by atoms with Gasteiger partial charge in [-0.2, -0.15) is 0 Å². The number of benzene rings is 1. The largest absolute Gasteiger partial charge is 0.228 e. The van der Waals surface area contributed by atoms with Gasteiger partial charge in [0.2, 0.25) is 0 Å². The number of hydrogen-bond acceptors (Lipinski definition) is 2. The molecule has 4 heteroatoms. The summed E-state index contributed by atoms with van der Waals surface area (Å²) < 4.78 is 12.7. The molecule has 0 unspecified atom stereocenters. The van der Waals surface area contributed by atoms with Crippen LogP contribution < -0.4 is 0 Å². The summed E-state index contributed by atoms with van der Waals surface area (Å²) in [6.07, 6.45) is 0. The Kier molecular flexibility index (Phi) is 3.35. The Hall–Kier alpha value is -0.760. The van der Waals surface area contributed by atoms with Gasteiger partial charge in [-0.15, -0.1) is 0 Å². The van der Waals surface area contributed by atoms with Crippen molar-refractivity contribution in [2.45, 2.75) is 6.54 Å². The van der Waals surface area contributed by atoms with E-state index in [9.17, 15) is 4.39 Å². The lowest BCUT2D eigenvalue weighted by atomic mass is 10.2. The molecule has 0 radical (unpaired) electrons. The summed E-state index contributed by atoms with van der Waals surface area (Å²) in [6, 6.07) is 4.25. The van der Waals surface area contributed by atoms with Gasteiger partial charge in [-0.25, -0.2) is 9.38 Å². The third-order valence-corrected chi connectivity index (χ3v) is 1.60. The van der Waals surface area contributed by atoms with Crippen LogP contribution in [0.1, 0.15) is 5.56 Å². The summed E-state index contributed by atoms with van der Waals surface area (Å²) in [5.74, 6) is -0.364. The Bertz CT molecular complexity index is 314. The van der Waals surface area contributed by atoms with E-state index in [0.29, 0.717) is 17.1 Å². The first-order chi connectivity index (χ1) is 5.72. The van der Waals surface area contributed by atoms with E-state index in [4.69, 9.17) is 11.6 Å². The van der Waals surface area contributed by atoms with Crippen LogP contribution in [0.4, 0.5) is 4.39 Å². The van der Waals surface area contributed by atoms with Crippen molar-refractivity contribution in [3.8, 4) is 0 Å². The van der Waals surface area contributed by atoms with E-state index < -0.39 is 0 Å². The first-order valence-electron chi connectivity index (χ1n) is 3.21. The van der Waals surface area contributed by atoms with Gasteiger partial charge in [0.15, 0.2) is 0 Å². The quantitative estimate of drug-likeness (QED) is 0.529. The van der Waals surface area contributed by atoms with Gasteiger partial charge in [-0.05, 0) is 36.0 Å². The molecule has 0 saturated heterocycles. The molecular formula is C8H5ClFNS. The van der Waals surface area contributed by atoms with E-state index in [1.165, 1.54) is 12.1 Å². The van der Waals surface area contributed by atoms with E-state index in [1.807, 2.05) is 0 Å². The minimum atomic E-state index is -0.364. The van der Waals surface area contributed by atoms with Crippen LogP contribution in [0.25, 0.3) is 0 Å². The highest BCUT2D eigenvalue weighted by Crippen LogP contribution is 2.14. The number of hydrogen-bond donors (Lipinski definition) is 0. The van der Waals surface area contributed by atoms with Gasteiger partial charge in [-0.3, -0.25) is 0 Å². The highest BCUT2D eigenvalue weighted by Gasteiger charge is 1.97. The average molecular weight is 202 g/mol. The fraction of sp³-hybridized carbons (Fsp3) is 0.125. The summed E-state index contributed by atoms with van der Waals surface area (Å²) in [4.78, 5) is 3.66. The molecule has 0 amide bonds. The van der Waals surface area contributed by atoms with E-state index in [2.05, 4.69) is 22.4 Å². The van der Waals surface area contributed by atoms with E-state index in [1.54, 1.807) is 6.07 Å². The SMILES string of the molecule is Fc1cc(Cl)cc(CN=C=S)c1. The van der Waals surface area contributed by atoms with E-state index in [0.717, 1.165) is 0 Å². The highest BCUT2D eigenvalue weighted by atomic mass is 35.5. The van der Waals surface area contributed by atoms with Crippen molar-refractivity contribution in [3.05, 3.63) is 34.6 Å². The summed E-state index contributed by atoms with van der Waals surface area (Å²) in [5, 5.41) is 2.56. The topological polar surface area (TPSA) is 12.4 Å². The Labute approximate surface area is 79.9 Å². The first kappa shape index (κ1) is 9.33. The van der Waals surface area contributed by atoms with E-state index >= 15 is 0 Å². The molecular weight excluding hydrogens is 197 g/mol. The van der Waals surface area contributed by atoms with Gasteiger partial charge in [0.25, 0.3) is 0 Å². The van der Waals surface area contributed by atoms with Gasteiger partial charge in [0.05, 0.1) is 11.7 Å². The number of rotatable bonds is 2. The molecule has 0 aliphatic heterocycles. The van der Waals surface area contributed by atoms with Crippen LogP contribution in [0.15, 0.2) is 23.2 Å². The third kappa shape index (κ3) is 2.70. The molecule has 0 bridgehead atoms. The number of halogens is 2. The Morgan fingerprint density at radius 2 is 2.25 bits per heavy atom. The number of thiocarbonyl (C=S) groups is 1. The van der Waals surface area contributed by atoms with Gasteiger partial charge in [0.1, 0.15) is 5.82 Å². The van der Waals surface area contributed by atoms with Crippen molar-refractivity contribution in [2.75, 3.05) is 0 Å². The second-order valence-electron chi connectivity index (χ2n) is 2.19. The van der Waals surface area contributed by atoms with Crippen LogP contribution in [-0.4, -0.2) is 5.16 Å². The molecule has 62 valence electrons. The molecule has 1 aromatic rings. The van der Waals surface area contributed by atoms with Crippen LogP contribution in [0.3, 0.4) is 0 Å². The highest BCUT2D eigenvalue weighted by molar-refractivity contribution is 7.78. The maximum absolute atomic E-state index is 12.7. The van der Waals surface area contributed by atoms with Gasteiger partial charge in [-0.1, -0.05) is 11.6 Å². The second kappa shape index (κ2) is 4.31. The molecule has 0 saturated carbocycles. The zero-order chi connectivity index (χ0) is 8.97. The molecule has 0 aliphatic rings. The van der Waals surface area contributed by atoms with Gasteiger partial charge < -0.3 is 0 Å². The summed E-state index contributed by atoms with van der Waals surface area (Å²) >= 11 is 9.97. The van der Waals surface area contributed by atoms with Crippen molar-refractivity contribution in [1.82, 2.24) is 0 Å². The van der Waals surface area contributed by atoms with Crippen LogP contribution in [0.5, 0.6) is 0 Å². The molecule has 1 nitrogen and oxygen atoms in total. The minimum Gasteiger partial charge on any atom is -0.228 e. The predicted octanol–water partition coefficient (Wildman–Crippen LogP) is 3.08. The lowest BCUT2D eigenvalue weighted by molar-refractivity contribution is 0.625. The molecule has 0 aliphatic carbocycles. The smallest absolute Gasteiger partial charge is 0.125 e. The lowest BCUT2D eigenvalue weighted by Crippen LogP contribution is -1.83. The average Bonchev–Trinajstić information content (AvgIpc) is 1.99. The number of nitrogens with zero attached hydrogens (tertiary/aromatic N) is 1. The molecule has 1 aromatic carbocycles. The summed E-state index contributed by atoms with van der Waals surface area (Å²) in [7, 11) is 0. The Morgan fingerprint density at radius 1 is 1.50 bits per heavy atom. The zero-order valence-corrected chi connectivity index (χ0v) is 7.62. The molecule has 0 atom stereocenters. The zero-order valence-electron chi connectivity index (χ0n) is 6.05. The third-order valence-electron chi connectivity index (χ3n) is 1.25. The number of aliphatic imine (C=N–C) groups is 1. The second-order valence-corrected chi connectivity index (χ2v) is 2.80. The molecule has 0 aromatic heterocycles. The predicted molar refractivity (Wildman–Crippen MR) is 50.1 cm³/mol. The van der Waals surface area contributed by atoms with Gasteiger partial charge in [0, 0.05) is 5.02 Å². The van der Waals surface area contributed by atoms with Crippen LogP contribution in [0, 0.1) is 5.82 Å². The van der Waals surface area contributed by atoms with Crippen molar-refractivity contribution in [3.63, 3.8) is 0 Å². The summed E-state index contributed by atoms with van der Waals surface area (Å²) in [5.41, 5.74) is 0.692. The molecule has 1 rings (SSSR count). The van der Waals surface area contributed by atoms with Crippen molar-refractivity contribution < 1.29 is 4.39 Å². The van der Waals surface area contributed by atoms with E-state index in [-0.39, 0.29) is 5.82 Å². The van der Waals surface area contributed by atoms with Crippen molar-refractivity contribution in [2.24, 2.45) is 4.99 Å². The van der Waals surface area contributed by atoms with Crippen LogP contribution in [-0.2, 0) is 6.54 Å². The summed E-state index contributed by atoms with van der Waals surface area (Å²) in [6.45, 7) is 0.320. The maximum Gasteiger partial charge on any atom is 0.125 e. The monoisotopic (exact) mass is 201 g/mol. The molecule has 0 heterocycles. The minimum absolute atomic E-state index is 0.320. The van der Waals surface area contributed by atoms with Crippen molar-refractivity contribution >= 4 is 29.0 Å². The molecule has 0 fully saturated rings. The lowest BCUT2D eigenvalue weighted by Gasteiger charge is -1.96. The Balaban J connectivity index is 2.92. The van der Waals surface area contributed by atoms with Crippen LogP contribution in [0.2, 0.25) is 5.02 Å². The fourth-order valence-electron chi connectivity index (χ4n) is 0.826. The van der Waals surface area contributed by atoms with Crippen LogP contribution >= 0.6 is 23.8 Å². The molecule has 0 spiro atoms. The maximum atomic E-state index is 12.7. The standard InChI is InChI=1S/C8H5ClFNS/c9-7-1-6(4-11-5-12)2-8(10)3-7/h1-3H,4H2. The van der Waals surface area contributed by atoms with Crippen molar-refractivity contribution in [1.29, 1.82) is 0 Å². The molecule has 12 heavy (non-hydrogen) atoms. The fourth-order valence-corrected chi connectivity index (χ4v) is 1.13. The van der Waals surface area contributed by atoms with Gasteiger partial charge >= 0.3 is 0 Å².